The lowest BCUT2D eigenvalue weighted by atomic mass is 10.2. The lowest BCUT2D eigenvalue weighted by Gasteiger charge is -2.32. The average Bonchev–Trinajstić information content (AvgIpc) is 2.51. The molecule has 110 valence electrons. The minimum absolute atomic E-state index is 0.810. The van der Waals surface area contributed by atoms with Gasteiger partial charge in [-0.25, -0.2) is 4.98 Å². The van der Waals surface area contributed by atoms with E-state index in [2.05, 4.69) is 38.9 Å². The molecule has 2 aliphatic heterocycles. The molecule has 0 spiro atoms. The van der Waals surface area contributed by atoms with E-state index in [1.165, 1.54) is 18.7 Å². The third-order valence-corrected chi connectivity index (χ3v) is 4.15. The maximum Gasteiger partial charge on any atom is 0.128 e. The highest BCUT2D eigenvalue weighted by molar-refractivity contribution is 5.41. The van der Waals surface area contributed by atoms with Crippen LogP contribution < -0.4 is 4.90 Å². The van der Waals surface area contributed by atoms with E-state index in [9.17, 15) is 0 Å². The fourth-order valence-electron chi connectivity index (χ4n) is 2.79. The molecular formula is C15H24N4O. The highest BCUT2D eigenvalue weighted by Gasteiger charge is 2.16. The summed E-state index contributed by atoms with van der Waals surface area (Å²) in [7, 11) is 2.19. The number of hydrogen-bond acceptors (Lipinski definition) is 5. The lowest BCUT2D eigenvalue weighted by molar-refractivity contribution is 0.122. The van der Waals surface area contributed by atoms with Crippen LogP contribution in [0.5, 0.6) is 0 Å². The number of morpholine rings is 1. The van der Waals surface area contributed by atoms with Crippen LogP contribution in [-0.2, 0) is 11.3 Å². The third-order valence-electron chi connectivity index (χ3n) is 4.15. The second-order valence-corrected chi connectivity index (χ2v) is 5.70. The number of nitrogens with zero attached hydrogens (tertiary/aromatic N) is 4. The summed E-state index contributed by atoms with van der Waals surface area (Å²) in [6.45, 7) is 9.21. The monoisotopic (exact) mass is 276 g/mol. The molecule has 5 nitrogen and oxygen atoms in total. The second kappa shape index (κ2) is 6.52. The van der Waals surface area contributed by atoms with Crippen LogP contribution >= 0.6 is 0 Å². The van der Waals surface area contributed by atoms with Gasteiger partial charge in [-0.05, 0) is 24.7 Å². The Morgan fingerprint density at radius 2 is 1.85 bits per heavy atom. The summed E-state index contributed by atoms with van der Waals surface area (Å²) in [4.78, 5) is 11.7. The topological polar surface area (TPSA) is 31.8 Å². The summed E-state index contributed by atoms with van der Waals surface area (Å²) in [5.74, 6) is 1.10. The Morgan fingerprint density at radius 3 is 2.60 bits per heavy atom. The molecule has 20 heavy (non-hydrogen) atoms. The van der Waals surface area contributed by atoms with Gasteiger partial charge in [0.2, 0.25) is 0 Å². The molecule has 0 N–H and O–H groups in total. The van der Waals surface area contributed by atoms with E-state index in [-0.39, 0.29) is 0 Å². The summed E-state index contributed by atoms with van der Waals surface area (Å²) in [6.07, 6.45) is 1.94. The van der Waals surface area contributed by atoms with Gasteiger partial charge in [0, 0.05) is 52.0 Å². The highest BCUT2D eigenvalue weighted by Crippen LogP contribution is 2.16. The van der Waals surface area contributed by atoms with Crippen molar-refractivity contribution in [1.29, 1.82) is 0 Å². The first kappa shape index (κ1) is 13.8. The van der Waals surface area contributed by atoms with Gasteiger partial charge in [-0.15, -0.1) is 0 Å². The van der Waals surface area contributed by atoms with E-state index < -0.39 is 0 Å². The molecule has 0 aliphatic carbocycles. The first-order chi connectivity index (χ1) is 9.81. The van der Waals surface area contributed by atoms with Gasteiger partial charge in [0.25, 0.3) is 0 Å². The predicted octanol–water partition coefficient (Wildman–Crippen LogP) is 0.666. The zero-order valence-electron chi connectivity index (χ0n) is 12.3. The molecule has 3 rings (SSSR count). The third kappa shape index (κ3) is 3.48. The maximum absolute atomic E-state index is 5.40. The fourth-order valence-corrected chi connectivity index (χ4v) is 2.79. The van der Waals surface area contributed by atoms with Crippen molar-refractivity contribution in [3.8, 4) is 0 Å². The molecule has 2 saturated heterocycles. The van der Waals surface area contributed by atoms with Crippen molar-refractivity contribution in [3.05, 3.63) is 23.9 Å². The minimum atomic E-state index is 0.810. The molecule has 3 heterocycles. The predicted molar refractivity (Wildman–Crippen MR) is 80.0 cm³/mol. The first-order valence-corrected chi connectivity index (χ1v) is 7.50. The molecule has 5 heteroatoms. The quantitative estimate of drug-likeness (QED) is 0.810. The van der Waals surface area contributed by atoms with Crippen LogP contribution in [-0.4, -0.2) is 74.3 Å². The van der Waals surface area contributed by atoms with Gasteiger partial charge in [-0.2, -0.15) is 0 Å². The Hall–Kier alpha value is -1.17. The van der Waals surface area contributed by atoms with Crippen LogP contribution in [0.25, 0.3) is 0 Å². The van der Waals surface area contributed by atoms with Crippen molar-refractivity contribution in [2.45, 2.75) is 6.54 Å². The molecule has 2 fully saturated rings. The fraction of sp³-hybridized carbons (Fsp3) is 0.667. The van der Waals surface area contributed by atoms with Crippen molar-refractivity contribution in [1.82, 2.24) is 14.8 Å². The number of likely N-dealkylation sites (N-methyl/N-ethyl adjacent to an activating group) is 1. The number of piperazine rings is 1. The lowest BCUT2D eigenvalue weighted by Crippen LogP contribution is -2.43. The van der Waals surface area contributed by atoms with E-state index in [1.807, 2.05) is 6.20 Å². The summed E-state index contributed by atoms with van der Waals surface area (Å²) >= 11 is 0. The van der Waals surface area contributed by atoms with Crippen LogP contribution in [0.4, 0.5) is 5.82 Å². The summed E-state index contributed by atoms with van der Waals surface area (Å²) in [5, 5.41) is 0. The van der Waals surface area contributed by atoms with Gasteiger partial charge >= 0.3 is 0 Å². The molecule has 0 radical (unpaired) electrons. The van der Waals surface area contributed by atoms with E-state index in [4.69, 9.17) is 4.74 Å². The Labute approximate surface area is 121 Å². The van der Waals surface area contributed by atoms with Crippen molar-refractivity contribution in [2.75, 3.05) is 64.4 Å². The number of hydrogen-bond donors (Lipinski definition) is 0. The minimum Gasteiger partial charge on any atom is -0.378 e. The normalized spacial score (nSPS) is 22.1. The van der Waals surface area contributed by atoms with Gasteiger partial charge in [0.05, 0.1) is 13.2 Å². The molecule has 0 bridgehead atoms. The van der Waals surface area contributed by atoms with Crippen LogP contribution in [0.15, 0.2) is 18.3 Å². The second-order valence-electron chi connectivity index (χ2n) is 5.70. The number of aromatic nitrogens is 1. The van der Waals surface area contributed by atoms with Gasteiger partial charge in [-0.1, -0.05) is 0 Å². The molecular weight excluding hydrogens is 252 g/mol. The van der Waals surface area contributed by atoms with E-state index >= 15 is 0 Å². The maximum atomic E-state index is 5.40. The van der Waals surface area contributed by atoms with Gasteiger partial charge < -0.3 is 14.5 Å². The Kier molecular flexibility index (Phi) is 4.50. The van der Waals surface area contributed by atoms with Crippen molar-refractivity contribution < 1.29 is 4.74 Å². The molecule has 1 aromatic heterocycles. The average molecular weight is 276 g/mol. The van der Waals surface area contributed by atoms with Gasteiger partial charge in [0.1, 0.15) is 5.82 Å². The Balaban J connectivity index is 1.62. The zero-order chi connectivity index (χ0) is 13.8. The Bertz CT molecular complexity index is 426. The number of rotatable bonds is 3. The Morgan fingerprint density at radius 1 is 1.10 bits per heavy atom. The van der Waals surface area contributed by atoms with Crippen molar-refractivity contribution in [3.63, 3.8) is 0 Å². The van der Waals surface area contributed by atoms with Crippen LogP contribution in [0.2, 0.25) is 0 Å². The van der Waals surface area contributed by atoms with E-state index in [0.717, 1.165) is 51.8 Å². The first-order valence-electron chi connectivity index (χ1n) is 7.50. The molecule has 0 amide bonds. The molecule has 0 saturated carbocycles. The van der Waals surface area contributed by atoms with Crippen LogP contribution in [0.1, 0.15) is 5.56 Å². The summed E-state index contributed by atoms with van der Waals surface area (Å²) < 4.78 is 5.40. The SMILES string of the molecule is CN1CCN(Cc2ccnc(N3CCOCC3)c2)CC1. The van der Waals surface area contributed by atoms with E-state index in [0.29, 0.717) is 0 Å². The standard InChI is InChI=1S/C15H24N4O/c1-17-4-6-18(7-5-17)13-14-2-3-16-15(12-14)19-8-10-20-11-9-19/h2-3,12H,4-11,13H2,1H3. The van der Waals surface area contributed by atoms with Gasteiger partial charge in [0.15, 0.2) is 0 Å². The highest BCUT2D eigenvalue weighted by atomic mass is 16.5. The largest absolute Gasteiger partial charge is 0.378 e. The molecule has 1 aromatic rings. The summed E-state index contributed by atoms with van der Waals surface area (Å²) in [6, 6.07) is 4.38. The number of anilines is 1. The van der Waals surface area contributed by atoms with Gasteiger partial charge in [-0.3, -0.25) is 4.90 Å². The molecule has 0 aromatic carbocycles. The smallest absolute Gasteiger partial charge is 0.128 e. The van der Waals surface area contributed by atoms with E-state index in [1.54, 1.807) is 0 Å². The van der Waals surface area contributed by atoms with Crippen molar-refractivity contribution in [2.24, 2.45) is 0 Å². The zero-order valence-corrected chi connectivity index (χ0v) is 12.3. The number of pyridine rings is 1. The molecule has 2 aliphatic rings. The van der Waals surface area contributed by atoms with Crippen LogP contribution in [0, 0.1) is 0 Å². The van der Waals surface area contributed by atoms with Crippen LogP contribution in [0.3, 0.4) is 0 Å². The molecule has 0 atom stereocenters. The number of ether oxygens (including phenoxy) is 1. The molecule has 0 unspecified atom stereocenters. The summed E-state index contributed by atoms with van der Waals surface area (Å²) in [5.41, 5.74) is 1.37. The van der Waals surface area contributed by atoms with Crippen molar-refractivity contribution >= 4 is 5.82 Å².